The molecular weight excluding hydrogens is 188 g/mol. The second-order valence-electron chi connectivity index (χ2n) is 2.74. The summed E-state index contributed by atoms with van der Waals surface area (Å²) in [6, 6.07) is 2.00. The number of nitrogen functional groups attached to an aromatic ring is 1. The van der Waals surface area contributed by atoms with E-state index in [-0.39, 0.29) is 16.9 Å². The van der Waals surface area contributed by atoms with Gasteiger partial charge in [-0.3, -0.25) is 14.9 Å². The fourth-order valence-electron chi connectivity index (χ4n) is 1.01. The van der Waals surface area contributed by atoms with Gasteiger partial charge in [0.25, 0.3) is 5.69 Å². The number of anilines is 1. The van der Waals surface area contributed by atoms with Crippen LogP contribution in [0, 0.1) is 10.1 Å². The lowest BCUT2D eigenvalue weighted by atomic mass is 10.1. The van der Waals surface area contributed by atoms with E-state index >= 15 is 0 Å². The number of ketones is 1. The second kappa shape index (κ2) is 3.33. The van der Waals surface area contributed by atoms with Gasteiger partial charge in [-0.25, -0.2) is 0 Å². The molecule has 1 aromatic rings. The molecule has 6 nitrogen and oxygen atoms in total. The van der Waals surface area contributed by atoms with Crippen molar-refractivity contribution in [3.63, 3.8) is 0 Å². The van der Waals surface area contributed by atoms with Gasteiger partial charge in [0.2, 0.25) is 0 Å². The fraction of sp³-hybridized carbons (Fsp3) is 0.125. The number of hydrogen-bond acceptors (Lipinski definition) is 5. The number of benzene rings is 1. The highest BCUT2D eigenvalue weighted by molar-refractivity contribution is 5.99. The summed E-state index contributed by atoms with van der Waals surface area (Å²) >= 11 is 0. The molecule has 0 radical (unpaired) electrons. The van der Waals surface area contributed by atoms with Crippen LogP contribution in [0.2, 0.25) is 0 Å². The molecule has 1 rings (SSSR count). The monoisotopic (exact) mass is 196 g/mol. The summed E-state index contributed by atoms with van der Waals surface area (Å²) in [6.07, 6.45) is 0. The summed E-state index contributed by atoms with van der Waals surface area (Å²) in [7, 11) is 0. The molecule has 0 amide bonds. The van der Waals surface area contributed by atoms with Crippen molar-refractivity contribution >= 4 is 17.2 Å². The Morgan fingerprint density at radius 1 is 1.57 bits per heavy atom. The van der Waals surface area contributed by atoms with E-state index in [1.807, 2.05) is 0 Å². The predicted molar refractivity (Wildman–Crippen MR) is 49.2 cm³/mol. The highest BCUT2D eigenvalue weighted by atomic mass is 16.6. The molecule has 1 aromatic carbocycles. The van der Waals surface area contributed by atoms with Gasteiger partial charge in [-0.1, -0.05) is 0 Å². The Kier molecular flexibility index (Phi) is 2.37. The topological polar surface area (TPSA) is 106 Å². The van der Waals surface area contributed by atoms with Crippen molar-refractivity contribution < 1.29 is 14.8 Å². The van der Waals surface area contributed by atoms with Crippen LogP contribution < -0.4 is 5.73 Å². The first-order valence-corrected chi connectivity index (χ1v) is 3.71. The van der Waals surface area contributed by atoms with Crippen LogP contribution >= 0.6 is 0 Å². The zero-order valence-corrected chi connectivity index (χ0v) is 7.35. The molecule has 74 valence electrons. The van der Waals surface area contributed by atoms with E-state index < -0.39 is 16.5 Å². The number of phenols is 1. The molecule has 0 aromatic heterocycles. The molecule has 0 aliphatic rings. The lowest BCUT2D eigenvalue weighted by Crippen LogP contribution is -1.99. The Balaban J connectivity index is 3.43. The Bertz CT molecular complexity index is 414. The number of hydrogen-bond donors (Lipinski definition) is 2. The van der Waals surface area contributed by atoms with Gasteiger partial charge < -0.3 is 10.8 Å². The van der Waals surface area contributed by atoms with Crippen molar-refractivity contribution in [1.29, 1.82) is 0 Å². The zero-order chi connectivity index (χ0) is 10.9. The minimum absolute atomic E-state index is 0.142. The van der Waals surface area contributed by atoms with Crippen LogP contribution in [0.4, 0.5) is 11.4 Å². The Morgan fingerprint density at radius 2 is 2.14 bits per heavy atom. The molecule has 0 saturated carbocycles. The summed E-state index contributed by atoms with van der Waals surface area (Å²) in [5, 5.41) is 19.7. The minimum Gasteiger partial charge on any atom is -0.505 e. The highest BCUT2D eigenvalue weighted by Crippen LogP contribution is 2.30. The van der Waals surface area contributed by atoms with Gasteiger partial charge in [0.05, 0.1) is 16.2 Å². The summed E-state index contributed by atoms with van der Waals surface area (Å²) < 4.78 is 0. The van der Waals surface area contributed by atoms with Gasteiger partial charge in [-0.05, 0) is 6.92 Å². The van der Waals surface area contributed by atoms with E-state index in [2.05, 4.69) is 0 Å². The summed E-state index contributed by atoms with van der Waals surface area (Å²) in [6.45, 7) is 1.19. The summed E-state index contributed by atoms with van der Waals surface area (Å²) in [5.41, 5.74) is 4.66. The Morgan fingerprint density at radius 3 is 2.57 bits per heavy atom. The van der Waals surface area contributed by atoms with Crippen LogP contribution in [-0.2, 0) is 0 Å². The van der Waals surface area contributed by atoms with Crippen molar-refractivity contribution in [3.8, 4) is 5.75 Å². The van der Waals surface area contributed by atoms with Crippen molar-refractivity contribution in [2.45, 2.75) is 6.92 Å². The van der Waals surface area contributed by atoms with Gasteiger partial charge in [0.15, 0.2) is 5.78 Å². The van der Waals surface area contributed by atoms with Gasteiger partial charge in [0, 0.05) is 12.1 Å². The number of Topliss-reactive ketones (excluding diaryl/α,β-unsaturated/α-hetero) is 1. The van der Waals surface area contributed by atoms with Gasteiger partial charge in [0.1, 0.15) is 5.75 Å². The third-order valence-corrected chi connectivity index (χ3v) is 1.71. The maximum absolute atomic E-state index is 11.0. The molecule has 0 fully saturated rings. The number of carbonyl (C=O) groups excluding carboxylic acids is 1. The summed E-state index contributed by atoms with van der Waals surface area (Å²) in [5.74, 6) is -0.888. The number of aromatic hydroxyl groups is 1. The van der Waals surface area contributed by atoms with Gasteiger partial charge in [-0.15, -0.1) is 0 Å². The quantitative estimate of drug-likeness (QED) is 0.242. The predicted octanol–water partition coefficient (Wildman–Crippen LogP) is 1.09. The molecule has 0 unspecified atom stereocenters. The second-order valence-corrected chi connectivity index (χ2v) is 2.74. The highest BCUT2D eigenvalue weighted by Gasteiger charge is 2.16. The van der Waals surface area contributed by atoms with E-state index in [0.29, 0.717) is 0 Å². The number of nitro groups is 1. The molecule has 0 heterocycles. The molecule has 0 saturated heterocycles. The SMILES string of the molecule is CC(=O)c1cc([N+](=O)[O-])cc(N)c1O. The number of nitrogens with two attached hydrogens (primary N) is 1. The van der Waals surface area contributed by atoms with Crippen LogP contribution in [0.5, 0.6) is 5.75 Å². The molecule has 0 bridgehead atoms. The van der Waals surface area contributed by atoms with E-state index in [1.54, 1.807) is 0 Å². The van der Waals surface area contributed by atoms with E-state index in [1.165, 1.54) is 6.92 Å². The van der Waals surface area contributed by atoms with Crippen molar-refractivity contribution in [1.82, 2.24) is 0 Å². The van der Waals surface area contributed by atoms with E-state index in [4.69, 9.17) is 5.73 Å². The third-order valence-electron chi connectivity index (χ3n) is 1.71. The van der Waals surface area contributed by atoms with E-state index in [0.717, 1.165) is 12.1 Å². The molecular formula is C8H8N2O4. The molecule has 0 atom stereocenters. The average Bonchev–Trinajstić information content (AvgIpc) is 2.08. The van der Waals surface area contributed by atoms with E-state index in [9.17, 15) is 20.0 Å². The number of non-ortho nitro benzene ring substituents is 1. The number of nitrogens with zero attached hydrogens (tertiary/aromatic N) is 1. The fourth-order valence-corrected chi connectivity index (χ4v) is 1.01. The Labute approximate surface area is 79.1 Å². The number of phenolic OH excluding ortho intramolecular Hbond substituents is 1. The smallest absolute Gasteiger partial charge is 0.272 e. The largest absolute Gasteiger partial charge is 0.505 e. The maximum Gasteiger partial charge on any atom is 0.272 e. The van der Waals surface area contributed by atoms with Crippen LogP contribution in [0.3, 0.4) is 0 Å². The third kappa shape index (κ3) is 1.63. The summed E-state index contributed by atoms with van der Waals surface area (Å²) in [4.78, 5) is 20.7. The van der Waals surface area contributed by atoms with Crippen LogP contribution in [-0.4, -0.2) is 15.8 Å². The molecule has 3 N–H and O–H groups in total. The standard InChI is InChI=1S/C8H8N2O4/c1-4(11)6-2-5(10(13)14)3-7(9)8(6)12/h2-3,12H,9H2,1H3. The molecule has 0 aliphatic heterocycles. The zero-order valence-electron chi connectivity index (χ0n) is 7.35. The molecule has 6 heteroatoms. The van der Waals surface area contributed by atoms with Gasteiger partial charge in [-0.2, -0.15) is 0 Å². The first-order chi connectivity index (χ1) is 6.43. The van der Waals surface area contributed by atoms with Crippen LogP contribution in [0.15, 0.2) is 12.1 Å². The number of nitro benzene ring substituents is 1. The molecule has 0 spiro atoms. The number of carbonyl (C=O) groups is 1. The first-order valence-electron chi connectivity index (χ1n) is 3.71. The normalized spacial score (nSPS) is 9.79. The Hall–Kier alpha value is -2.11. The van der Waals surface area contributed by atoms with Crippen molar-refractivity contribution in [2.24, 2.45) is 0 Å². The van der Waals surface area contributed by atoms with Crippen LogP contribution in [0.25, 0.3) is 0 Å². The van der Waals surface area contributed by atoms with Crippen molar-refractivity contribution in [2.75, 3.05) is 5.73 Å². The molecule has 0 aliphatic carbocycles. The minimum atomic E-state index is -0.678. The van der Waals surface area contributed by atoms with Crippen LogP contribution in [0.1, 0.15) is 17.3 Å². The number of rotatable bonds is 2. The first kappa shape index (κ1) is 9.97. The van der Waals surface area contributed by atoms with Gasteiger partial charge >= 0.3 is 0 Å². The average molecular weight is 196 g/mol. The maximum atomic E-state index is 11.0. The molecule has 14 heavy (non-hydrogen) atoms. The lowest BCUT2D eigenvalue weighted by molar-refractivity contribution is -0.384. The van der Waals surface area contributed by atoms with Crippen molar-refractivity contribution in [3.05, 3.63) is 27.8 Å². The lowest BCUT2D eigenvalue weighted by Gasteiger charge is -2.03.